The van der Waals surface area contributed by atoms with Gasteiger partial charge in [0.05, 0.1) is 6.54 Å². The van der Waals surface area contributed by atoms with Gasteiger partial charge in [-0.15, -0.1) is 0 Å². The fourth-order valence-corrected chi connectivity index (χ4v) is 3.82. The van der Waals surface area contributed by atoms with Gasteiger partial charge in [0.25, 0.3) is 0 Å². The van der Waals surface area contributed by atoms with Gasteiger partial charge >= 0.3 is 0 Å². The van der Waals surface area contributed by atoms with Gasteiger partial charge in [0.15, 0.2) is 6.29 Å². The number of fused-ring (bicyclic) bond motifs is 3. The Bertz CT molecular complexity index is 1020. The number of nitrogens with zero attached hydrogens (tertiary/aromatic N) is 1. The second-order valence-electron chi connectivity index (χ2n) is 7.13. The van der Waals surface area contributed by atoms with E-state index in [9.17, 15) is 5.11 Å². The summed E-state index contributed by atoms with van der Waals surface area (Å²) in [5.74, 6) is 0.861. The molecule has 3 aromatic carbocycles. The molecule has 0 spiro atoms. The molecule has 0 saturated carbocycles. The van der Waals surface area contributed by atoms with E-state index < -0.39 is 6.29 Å². The normalized spacial score (nSPS) is 12.5. The molecule has 4 nitrogen and oxygen atoms in total. The van der Waals surface area contributed by atoms with Crippen molar-refractivity contribution in [3.63, 3.8) is 0 Å². The molecule has 1 unspecified atom stereocenters. The second-order valence-corrected chi connectivity index (χ2v) is 7.13. The molecule has 1 heterocycles. The Hall–Kier alpha value is -2.82. The van der Waals surface area contributed by atoms with Crippen molar-refractivity contribution in [2.45, 2.75) is 32.6 Å². The van der Waals surface area contributed by atoms with Gasteiger partial charge in [-0.1, -0.05) is 48.5 Å². The Morgan fingerprint density at radius 2 is 1.48 bits per heavy atom. The molecule has 0 bridgehead atoms. The van der Waals surface area contributed by atoms with Gasteiger partial charge in [-0.3, -0.25) is 0 Å². The maximum absolute atomic E-state index is 9.67. The molecule has 4 heteroatoms. The lowest BCUT2D eigenvalue weighted by Gasteiger charge is -2.11. The predicted octanol–water partition coefficient (Wildman–Crippen LogP) is 5.16. The minimum atomic E-state index is -0.692. The molecule has 0 aliphatic heterocycles. The SMILES string of the molecule is CCOC(O)CCc1ccc(OCCn2c3ccccc3c3ccccc32)cc1. The Kier molecular flexibility index (Phi) is 6.13. The van der Waals surface area contributed by atoms with Gasteiger partial charge < -0.3 is 19.1 Å². The molecular formula is C25H27NO3. The van der Waals surface area contributed by atoms with E-state index in [0.29, 0.717) is 19.6 Å². The molecule has 1 atom stereocenters. The number of hydrogen-bond acceptors (Lipinski definition) is 3. The fourth-order valence-electron chi connectivity index (χ4n) is 3.82. The summed E-state index contributed by atoms with van der Waals surface area (Å²) in [6.07, 6.45) is 0.687. The van der Waals surface area contributed by atoms with E-state index in [1.807, 2.05) is 19.1 Å². The van der Waals surface area contributed by atoms with Crippen molar-refractivity contribution in [2.75, 3.05) is 13.2 Å². The quantitative estimate of drug-likeness (QED) is 0.402. The number of hydrogen-bond donors (Lipinski definition) is 1. The average molecular weight is 389 g/mol. The minimum absolute atomic E-state index is 0.528. The van der Waals surface area contributed by atoms with Crippen molar-refractivity contribution in [2.24, 2.45) is 0 Å². The number of benzene rings is 3. The van der Waals surface area contributed by atoms with E-state index in [1.54, 1.807) is 0 Å². The fraction of sp³-hybridized carbons (Fsp3) is 0.280. The maximum atomic E-state index is 9.67. The minimum Gasteiger partial charge on any atom is -0.492 e. The predicted molar refractivity (Wildman–Crippen MR) is 117 cm³/mol. The maximum Gasteiger partial charge on any atom is 0.154 e. The Morgan fingerprint density at radius 3 is 2.10 bits per heavy atom. The molecule has 0 radical (unpaired) electrons. The standard InChI is InChI=1S/C25H27NO3/c1-2-28-25(27)16-13-19-11-14-20(15-12-19)29-18-17-26-23-9-5-3-7-21(23)22-8-4-6-10-24(22)26/h3-12,14-15,25,27H,2,13,16-18H2,1H3. The summed E-state index contributed by atoms with van der Waals surface area (Å²) < 4.78 is 13.5. The number of aryl methyl sites for hydroxylation is 1. The van der Waals surface area contributed by atoms with E-state index in [1.165, 1.54) is 27.4 Å². The highest BCUT2D eigenvalue weighted by atomic mass is 16.6. The van der Waals surface area contributed by atoms with Crippen molar-refractivity contribution < 1.29 is 14.6 Å². The lowest BCUT2D eigenvalue weighted by Crippen LogP contribution is -2.12. The first-order valence-corrected chi connectivity index (χ1v) is 10.2. The van der Waals surface area contributed by atoms with Gasteiger partial charge in [-0.25, -0.2) is 0 Å². The number of ether oxygens (including phenoxy) is 2. The van der Waals surface area contributed by atoms with Crippen LogP contribution in [0.3, 0.4) is 0 Å². The van der Waals surface area contributed by atoms with Crippen LogP contribution in [0.1, 0.15) is 18.9 Å². The molecule has 0 amide bonds. The first-order chi connectivity index (χ1) is 14.3. The van der Waals surface area contributed by atoms with Crippen LogP contribution < -0.4 is 4.74 Å². The van der Waals surface area contributed by atoms with Crippen LogP contribution in [-0.4, -0.2) is 29.2 Å². The highest BCUT2D eigenvalue weighted by molar-refractivity contribution is 6.07. The summed E-state index contributed by atoms with van der Waals surface area (Å²) in [6, 6.07) is 25.1. The number of aliphatic hydroxyl groups is 1. The summed E-state index contributed by atoms with van der Waals surface area (Å²) in [6.45, 7) is 3.80. The van der Waals surface area contributed by atoms with E-state index >= 15 is 0 Å². The Labute approximate surface area is 171 Å². The zero-order valence-corrected chi connectivity index (χ0v) is 16.8. The highest BCUT2D eigenvalue weighted by Crippen LogP contribution is 2.28. The van der Waals surface area contributed by atoms with Crippen molar-refractivity contribution in [3.8, 4) is 5.75 Å². The molecule has 1 aromatic heterocycles. The largest absolute Gasteiger partial charge is 0.492 e. The summed E-state index contributed by atoms with van der Waals surface area (Å²) in [5.41, 5.74) is 3.64. The van der Waals surface area contributed by atoms with Crippen LogP contribution in [0.2, 0.25) is 0 Å². The number of rotatable bonds is 9. The zero-order chi connectivity index (χ0) is 20.1. The molecule has 0 fully saturated rings. The summed E-state index contributed by atoms with van der Waals surface area (Å²) in [5, 5.41) is 12.2. The van der Waals surface area contributed by atoms with E-state index in [-0.39, 0.29) is 0 Å². The molecule has 0 saturated heterocycles. The molecule has 4 aromatic rings. The van der Waals surface area contributed by atoms with Crippen LogP contribution in [-0.2, 0) is 17.7 Å². The molecule has 1 N–H and O–H groups in total. The van der Waals surface area contributed by atoms with E-state index in [0.717, 1.165) is 18.7 Å². The lowest BCUT2D eigenvalue weighted by molar-refractivity contribution is -0.0980. The third kappa shape index (κ3) is 4.44. The van der Waals surface area contributed by atoms with Crippen LogP contribution in [0.5, 0.6) is 5.75 Å². The van der Waals surface area contributed by atoms with Crippen LogP contribution in [0.4, 0.5) is 0 Å². The lowest BCUT2D eigenvalue weighted by atomic mass is 10.1. The van der Waals surface area contributed by atoms with Crippen molar-refractivity contribution in [1.82, 2.24) is 4.57 Å². The number of aliphatic hydroxyl groups excluding tert-OH is 1. The second kappa shape index (κ2) is 9.12. The average Bonchev–Trinajstić information content (AvgIpc) is 3.08. The van der Waals surface area contributed by atoms with Crippen LogP contribution in [0.15, 0.2) is 72.8 Å². The molecule has 0 aliphatic carbocycles. The summed E-state index contributed by atoms with van der Waals surface area (Å²) in [7, 11) is 0. The first kappa shape index (κ1) is 19.5. The number of aromatic nitrogens is 1. The molecule has 0 aliphatic rings. The van der Waals surface area contributed by atoms with Crippen molar-refractivity contribution in [3.05, 3.63) is 78.4 Å². The first-order valence-electron chi connectivity index (χ1n) is 10.2. The van der Waals surface area contributed by atoms with Gasteiger partial charge in [-0.05, 0) is 43.2 Å². The molecular weight excluding hydrogens is 362 g/mol. The summed E-state index contributed by atoms with van der Waals surface area (Å²) in [4.78, 5) is 0. The Morgan fingerprint density at radius 1 is 0.862 bits per heavy atom. The van der Waals surface area contributed by atoms with Crippen LogP contribution in [0, 0.1) is 0 Å². The van der Waals surface area contributed by atoms with E-state index in [2.05, 4.69) is 65.2 Å². The third-order valence-corrected chi connectivity index (χ3v) is 5.23. The van der Waals surface area contributed by atoms with Crippen molar-refractivity contribution in [1.29, 1.82) is 0 Å². The van der Waals surface area contributed by atoms with Crippen LogP contribution in [0.25, 0.3) is 21.8 Å². The van der Waals surface area contributed by atoms with Gasteiger partial charge in [0, 0.05) is 34.8 Å². The third-order valence-electron chi connectivity index (χ3n) is 5.23. The molecule has 4 rings (SSSR count). The summed E-state index contributed by atoms with van der Waals surface area (Å²) >= 11 is 0. The van der Waals surface area contributed by atoms with E-state index in [4.69, 9.17) is 9.47 Å². The monoisotopic (exact) mass is 389 g/mol. The smallest absolute Gasteiger partial charge is 0.154 e. The van der Waals surface area contributed by atoms with Crippen LogP contribution >= 0.6 is 0 Å². The molecule has 150 valence electrons. The van der Waals surface area contributed by atoms with Crippen molar-refractivity contribution >= 4 is 21.8 Å². The van der Waals surface area contributed by atoms with Gasteiger partial charge in [0.2, 0.25) is 0 Å². The number of para-hydroxylation sites is 2. The van der Waals surface area contributed by atoms with Gasteiger partial charge in [-0.2, -0.15) is 0 Å². The molecule has 29 heavy (non-hydrogen) atoms. The zero-order valence-electron chi connectivity index (χ0n) is 16.8. The Balaban J connectivity index is 1.39. The topological polar surface area (TPSA) is 43.6 Å². The highest BCUT2D eigenvalue weighted by Gasteiger charge is 2.09. The van der Waals surface area contributed by atoms with Gasteiger partial charge in [0.1, 0.15) is 12.4 Å².